The lowest BCUT2D eigenvalue weighted by Crippen LogP contribution is -2.27. The van der Waals surface area contributed by atoms with Crippen LogP contribution >= 0.6 is 0 Å². The molecule has 0 fully saturated rings. The maximum Gasteiger partial charge on any atom is 0.118 e. The molecule has 23 heavy (non-hydrogen) atoms. The van der Waals surface area contributed by atoms with E-state index in [9.17, 15) is 10.2 Å². The van der Waals surface area contributed by atoms with Crippen molar-refractivity contribution in [3.8, 4) is 5.75 Å². The first-order chi connectivity index (χ1) is 10.9. The molecule has 0 saturated heterocycles. The van der Waals surface area contributed by atoms with Gasteiger partial charge >= 0.3 is 0 Å². The minimum atomic E-state index is -1.18. The van der Waals surface area contributed by atoms with Crippen LogP contribution < -0.4 is 4.74 Å². The van der Waals surface area contributed by atoms with E-state index >= 15 is 0 Å². The summed E-state index contributed by atoms with van der Waals surface area (Å²) >= 11 is 0. The predicted octanol–water partition coefficient (Wildman–Crippen LogP) is 4.42. The molecule has 0 bridgehead atoms. The van der Waals surface area contributed by atoms with E-state index in [0.29, 0.717) is 6.42 Å². The summed E-state index contributed by atoms with van der Waals surface area (Å²) in [5.41, 5.74) is 1.06. The van der Waals surface area contributed by atoms with Crippen LogP contribution in [0.25, 0.3) is 0 Å². The molecule has 4 heteroatoms. The predicted molar refractivity (Wildman–Crippen MR) is 100 cm³/mol. The molecule has 1 aromatic rings. The quantitative estimate of drug-likeness (QED) is 0.587. The first kappa shape index (κ1) is 20.2. The number of rotatable bonds is 11. The lowest BCUT2D eigenvalue weighted by Gasteiger charge is -2.25. The van der Waals surface area contributed by atoms with Crippen LogP contribution in [0.5, 0.6) is 5.75 Å². The fraction of sp³-hybridized carbons (Fsp3) is 0.684. The average molecular weight is 339 g/mol. The summed E-state index contributed by atoms with van der Waals surface area (Å²) in [6, 6.07) is 10.3. The number of benzene rings is 1. The van der Waals surface area contributed by atoms with E-state index in [2.05, 4.69) is 20.0 Å². The van der Waals surface area contributed by atoms with Gasteiger partial charge in [-0.1, -0.05) is 57.1 Å². The highest BCUT2D eigenvalue weighted by Crippen LogP contribution is 2.27. The van der Waals surface area contributed by atoms with E-state index in [-0.39, 0.29) is 18.6 Å². The molecule has 0 aliphatic carbocycles. The van der Waals surface area contributed by atoms with Crippen molar-refractivity contribution in [2.24, 2.45) is 0 Å². The molecule has 0 aliphatic heterocycles. The van der Waals surface area contributed by atoms with Gasteiger partial charge in [-0.3, -0.25) is 0 Å². The number of hydrogen-bond acceptors (Lipinski definition) is 3. The zero-order chi connectivity index (χ0) is 17.3. The summed E-state index contributed by atoms with van der Waals surface area (Å²) in [5, 5.41) is 20.1. The summed E-state index contributed by atoms with van der Waals surface area (Å²) in [6.45, 7) is 7.14. The summed E-state index contributed by atoms with van der Waals surface area (Å²) in [7, 11) is 0.466. The smallest absolute Gasteiger partial charge is 0.118 e. The van der Waals surface area contributed by atoms with Crippen molar-refractivity contribution >= 4 is 8.07 Å². The van der Waals surface area contributed by atoms with Gasteiger partial charge in [0.1, 0.15) is 5.75 Å². The molecule has 0 amide bonds. The van der Waals surface area contributed by atoms with Gasteiger partial charge in [-0.25, -0.2) is 0 Å². The van der Waals surface area contributed by atoms with Crippen molar-refractivity contribution in [2.45, 2.75) is 69.8 Å². The normalized spacial score (nSPS) is 14.5. The molecule has 0 radical (unpaired) electrons. The highest BCUT2D eigenvalue weighted by atomic mass is 28.3. The molecule has 0 unspecified atom stereocenters. The maximum absolute atomic E-state index is 10.4. The van der Waals surface area contributed by atoms with Crippen LogP contribution in [0.1, 0.15) is 44.1 Å². The van der Waals surface area contributed by atoms with Gasteiger partial charge in [0, 0.05) is 14.0 Å². The third-order valence-corrected chi connectivity index (χ3v) is 8.07. The first-order valence-corrected chi connectivity index (χ1v) is 12.3. The van der Waals surface area contributed by atoms with Gasteiger partial charge in [0.25, 0.3) is 0 Å². The first-order valence-electron chi connectivity index (χ1n) is 8.84. The van der Waals surface area contributed by atoms with Crippen LogP contribution in [0.4, 0.5) is 0 Å². The van der Waals surface area contributed by atoms with E-state index in [1.807, 2.05) is 24.3 Å². The Hall–Kier alpha value is -0.843. The van der Waals surface area contributed by atoms with Gasteiger partial charge in [-0.05, 0) is 30.5 Å². The van der Waals surface area contributed by atoms with Crippen molar-refractivity contribution in [3.05, 3.63) is 29.8 Å². The SMILES string of the molecule is CCCC[Si](C)(C)CC[C@@H](O)C[C@@H](CO)c1ccc(OC)cc1. The van der Waals surface area contributed by atoms with Gasteiger partial charge in [0.2, 0.25) is 0 Å². The van der Waals surface area contributed by atoms with Gasteiger partial charge < -0.3 is 14.9 Å². The Morgan fingerprint density at radius 2 is 1.78 bits per heavy atom. The number of methoxy groups -OCH3 is 1. The molecule has 1 aromatic carbocycles. The van der Waals surface area contributed by atoms with Crippen LogP contribution in [0.2, 0.25) is 25.2 Å². The molecular weight excluding hydrogens is 304 g/mol. The Labute approximate surface area is 142 Å². The second kappa shape index (κ2) is 10.1. The molecule has 0 aliphatic rings. The topological polar surface area (TPSA) is 49.7 Å². The van der Waals surface area contributed by atoms with Gasteiger partial charge in [0.05, 0.1) is 19.8 Å². The summed E-state index contributed by atoms with van der Waals surface area (Å²) in [5.74, 6) is 0.811. The van der Waals surface area contributed by atoms with Crippen LogP contribution in [-0.4, -0.2) is 38.1 Å². The standard InChI is InChI=1S/C19H34O3Si/c1-5-6-12-23(3,4)13-11-18(21)14-17(15-20)16-7-9-19(22-2)10-8-16/h7-10,17-18,20-21H,5-6,11-15H2,1-4H3/t17-,18+/m0/s1. The minimum absolute atomic E-state index is 0.00340. The Bertz CT molecular complexity index is 431. The molecule has 3 nitrogen and oxygen atoms in total. The van der Waals surface area contributed by atoms with Crippen LogP contribution in [0.15, 0.2) is 24.3 Å². The number of hydrogen-bond donors (Lipinski definition) is 2. The fourth-order valence-corrected chi connectivity index (χ4v) is 5.65. The summed E-state index contributed by atoms with van der Waals surface area (Å²) in [6.07, 6.45) is 3.71. The molecule has 0 aromatic heterocycles. The Balaban J connectivity index is 2.50. The molecule has 0 heterocycles. The third-order valence-electron chi connectivity index (χ3n) is 4.73. The molecule has 0 saturated carbocycles. The van der Waals surface area contributed by atoms with Crippen molar-refractivity contribution in [2.75, 3.05) is 13.7 Å². The summed E-state index contributed by atoms with van der Waals surface area (Å²) in [4.78, 5) is 0. The highest BCUT2D eigenvalue weighted by Gasteiger charge is 2.23. The van der Waals surface area contributed by atoms with E-state index in [1.165, 1.54) is 18.9 Å². The summed E-state index contributed by atoms with van der Waals surface area (Å²) < 4.78 is 5.16. The fourth-order valence-electron chi connectivity index (χ4n) is 2.98. The van der Waals surface area contributed by atoms with Crippen LogP contribution in [0.3, 0.4) is 0 Å². The number of aliphatic hydroxyl groups excluding tert-OH is 2. The van der Waals surface area contributed by atoms with Gasteiger partial charge in [0.15, 0.2) is 0 Å². The van der Waals surface area contributed by atoms with Gasteiger partial charge in [-0.15, -0.1) is 0 Å². The Kier molecular flexibility index (Phi) is 8.88. The molecule has 2 atom stereocenters. The molecule has 1 rings (SSSR count). The van der Waals surface area contributed by atoms with Crippen LogP contribution in [-0.2, 0) is 0 Å². The van der Waals surface area contributed by atoms with E-state index in [1.54, 1.807) is 7.11 Å². The van der Waals surface area contributed by atoms with E-state index < -0.39 is 8.07 Å². The van der Waals surface area contributed by atoms with Crippen LogP contribution in [0, 0.1) is 0 Å². The zero-order valence-electron chi connectivity index (χ0n) is 15.2. The Morgan fingerprint density at radius 1 is 1.13 bits per heavy atom. The van der Waals surface area contributed by atoms with E-state index in [0.717, 1.165) is 23.8 Å². The second-order valence-electron chi connectivity index (χ2n) is 7.35. The lowest BCUT2D eigenvalue weighted by molar-refractivity contribution is 0.134. The highest BCUT2D eigenvalue weighted by molar-refractivity contribution is 6.77. The minimum Gasteiger partial charge on any atom is -0.497 e. The number of aliphatic hydroxyl groups is 2. The molecule has 0 spiro atoms. The molecule has 2 N–H and O–H groups in total. The number of ether oxygens (including phenoxy) is 1. The Morgan fingerprint density at radius 3 is 2.30 bits per heavy atom. The zero-order valence-corrected chi connectivity index (χ0v) is 16.2. The lowest BCUT2D eigenvalue weighted by atomic mass is 9.93. The third kappa shape index (κ3) is 7.51. The van der Waals surface area contributed by atoms with Crippen molar-refractivity contribution < 1.29 is 14.9 Å². The monoisotopic (exact) mass is 338 g/mol. The maximum atomic E-state index is 10.4. The second-order valence-corrected chi connectivity index (χ2v) is 12.7. The van der Waals surface area contributed by atoms with E-state index in [4.69, 9.17) is 4.74 Å². The average Bonchev–Trinajstić information content (AvgIpc) is 2.56. The van der Waals surface area contributed by atoms with Crippen molar-refractivity contribution in [3.63, 3.8) is 0 Å². The molecular formula is C19H34O3Si. The largest absolute Gasteiger partial charge is 0.497 e. The van der Waals surface area contributed by atoms with Gasteiger partial charge in [-0.2, -0.15) is 0 Å². The van der Waals surface area contributed by atoms with Crippen molar-refractivity contribution in [1.29, 1.82) is 0 Å². The molecule has 132 valence electrons. The van der Waals surface area contributed by atoms with Crippen molar-refractivity contribution in [1.82, 2.24) is 0 Å². The number of unbranched alkanes of at least 4 members (excludes halogenated alkanes) is 1.